The fourth-order valence-electron chi connectivity index (χ4n) is 3.79. The standard InChI is InChI=1S/C24H29BrO3S/c1-2-21(26)20-9-4-3-6-17(20)10-11-22(18-7-5-8-19(25)14-18)29-16-24(12-13-24)15-23(27)28/h3-9,14,21-22,26H,2,10-13,15-16H2,1H3,(H,27,28)/t21?,22-/m1/s1. The minimum absolute atomic E-state index is 0.0168. The molecule has 1 fully saturated rings. The molecule has 0 heterocycles. The van der Waals surface area contributed by atoms with Crippen LogP contribution in [-0.4, -0.2) is 21.9 Å². The van der Waals surface area contributed by atoms with E-state index in [9.17, 15) is 15.0 Å². The van der Waals surface area contributed by atoms with Gasteiger partial charge in [-0.2, -0.15) is 11.8 Å². The molecule has 0 bridgehead atoms. The number of aryl methyl sites for hydroxylation is 1. The Morgan fingerprint density at radius 1 is 1.21 bits per heavy atom. The SMILES string of the molecule is CCC(O)c1ccccc1CC[C@@H](SCC1(CC(=O)O)CC1)c1cccc(Br)c1. The van der Waals surface area contributed by atoms with Gasteiger partial charge in [0.1, 0.15) is 0 Å². The fraction of sp³-hybridized carbons (Fsp3) is 0.458. The molecule has 1 unspecified atom stereocenters. The molecular formula is C24H29BrO3S. The van der Waals surface area contributed by atoms with Crippen molar-refractivity contribution in [1.29, 1.82) is 0 Å². The summed E-state index contributed by atoms with van der Waals surface area (Å²) in [5.41, 5.74) is 3.48. The second-order valence-electron chi connectivity index (χ2n) is 8.09. The van der Waals surface area contributed by atoms with Crippen molar-refractivity contribution >= 4 is 33.7 Å². The number of carboxylic acids is 1. The molecule has 5 heteroatoms. The van der Waals surface area contributed by atoms with Crippen LogP contribution >= 0.6 is 27.7 Å². The zero-order valence-corrected chi connectivity index (χ0v) is 19.2. The molecule has 2 aromatic rings. The number of rotatable bonds is 11. The topological polar surface area (TPSA) is 57.5 Å². The van der Waals surface area contributed by atoms with Crippen molar-refractivity contribution in [3.05, 3.63) is 69.7 Å². The summed E-state index contributed by atoms with van der Waals surface area (Å²) >= 11 is 5.47. The molecule has 3 nitrogen and oxygen atoms in total. The van der Waals surface area contributed by atoms with Crippen molar-refractivity contribution in [3.8, 4) is 0 Å². The monoisotopic (exact) mass is 476 g/mol. The van der Waals surface area contributed by atoms with Crippen LogP contribution in [-0.2, 0) is 11.2 Å². The number of aliphatic hydroxyl groups excluding tert-OH is 1. The van der Waals surface area contributed by atoms with Gasteiger partial charge < -0.3 is 10.2 Å². The largest absolute Gasteiger partial charge is 0.481 e. The van der Waals surface area contributed by atoms with Gasteiger partial charge in [-0.15, -0.1) is 0 Å². The number of hydrogen-bond donors (Lipinski definition) is 2. The van der Waals surface area contributed by atoms with Crippen LogP contribution in [0, 0.1) is 5.41 Å². The van der Waals surface area contributed by atoms with Gasteiger partial charge in [0.25, 0.3) is 0 Å². The second-order valence-corrected chi connectivity index (χ2v) is 10.2. The highest BCUT2D eigenvalue weighted by Crippen LogP contribution is 2.53. The van der Waals surface area contributed by atoms with Crippen molar-refractivity contribution in [1.82, 2.24) is 0 Å². The van der Waals surface area contributed by atoms with Gasteiger partial charge in [-0.25, -0.2) is 0 Å². The minimum Gasteiger partial charge on any atom is -0.481 e. The van der Waals surface area contributed by atoms with Gasteiger partial charge in [-0.3, -0.25) is 4.79 Å². The Balaban J connectivity index is 1.73. The summed E-state index contributed by atoms with van der Waals surface area (Å²) in [6.07, 6.45) is 4.44. The fourth-order valence-corrected chi connectivity index (χ4v) is 5.78. The molecule has 0 saturated heterocycles. The summed E-state index contributed by atoms with van der Waals surface area (Å²) in [7, 11) is 0. The molecule has 2 atom stereocenters. The summed E-state index contributed by atoms with van der Waals surface area (Å²) in [5, 5.41) is 19.9. The average Bonchev–Trinajstić information content (AvgIpc) is 3.46. The highest BCUT2D eigenvalue weighted by Gasteiger charge is 2.44. The third-order valence-corrected chi connectivity index (χ3v) is 7.95. The highest BCUT2D eigenvalue weighted by molar-refractivity contribution is 9.10. The predicted octanol–water partition coefficient (Wildman–Crippen LogP) is 6.55. The Bertz CT molecular complexity index is 834. The smallest absolute Gasteiger partial charge is 0.303 e. The second kappa shape index (κ2) is 10.1. The normalized spacial score (nSPS) is 16.9. The van der Waals surface area contributed by atoms with E-state index < -0.39 is 12.1 Å². The lowest BCUT2D eigenvalue weighted by atomic mass is 9.95. The lowest BCUT2D eigenvalue weighted by molar-refractivity contribution is -0.138. The Hall–Kier alpha value is -1.30. The predicted molar refractivity (Wildman–Crippen MR) is 123 cm³/mol. The van der Waals surface area contributed by atoms with E-state index >= 15 is 0 Å². The molecule has 0 radical (unpaired) electrons. The van der Waals surface area contributed by atoms with Crippen LogP contribution in [0.2, 0.25) is 0 Å². The first-order valence-corrected chi connectivity index (χ1v) is 12.1. The van der Waals surface area contributed by atoms with Crippen LogP contribution in [0.15, 0.2) is 53.0 Å². The number of benzene rings is 2. The first-order valence-electron chi connectivity index (χ1n) is 10.3. The van der Waals surface area contributed by atoms with E-state index in [0.717, 1.165) is 41.5 Å². The number of aliphatic hydroxyl groups is 1. The molecular weight excluding hydrogens is 448 g/mol. The Morgan fingerprint density at radius 3 is 2.62 bits per heavy atom. The molecule has 0 spiro atoms. The van der Waals surface area contributed by atoms with Crippen molar-refractivity contribution in [3.63, 3.8) is 0 Å². The van der Waals surface area contributed by atoms with E-state index in [4.69, 9.17) is 0 Å². The van der Waals surface area contributed by atoms with Crippen molar-refractivity contribution in [2.24, 2.45) is 5.41 Å². The molecule has 1 aliphatic rings. The summed E-state index contributed by atoms with van der Waals surface area (Å²) in [5.74, 6) is 0.194. The number of halogens is 1. The van der Waals surface area contributed by atoms with Crippen LogP contribution in [0.25, 0.3) is 0 Å². The van der Waals surface area contributed by atoms with Crippen LogP contribution in [0.1, 0.15) is 67.1 Å². The first kappa shape index (κ1) is 22.4. The summed E-state index contributed by atoms with van der Waals surface area (Å²) in [6, 6.07) is 16.6. The van der Waals surface area contributed by atoms with E-state index in [0.29, 0.717) is 11.7 Å². The zero-order valence-electron chi connectivity index (χ0n) is 16.8. The van der Waals surface area contributed by atoms with Gasteiger partial charge in [0.15, 0.2) is 0 Å². The maximum Gasteiger partial charge on any atom is 0.303 e. The Kier molecular flexibility index (Phi) is 7.83. The van der Waals surface area contributed by atoms with Gasteiger partial charge in [-0.05, 0) is 66.3 Å². The molecule has 3 rings (SSSR count). The highest BCUT2D eigenvalue weighted by atomic mass is 79.9. The van der Waals surface area contributed by atoms with Crippen LogP contribution < -0.4 is 0 Å². The molecule has 1 saturated carbocycles. The maximum absolute atomic E-state index is 11.2. The Morgan fingerprint density at radius 2 is 1.97 bits per heavy atom. The van der Waals surface area contributed by atoms with Gasteiger partial charge in [-0.1, -0.05) is 59.3 Å². The van der Waals surface area contributed by atoms with Gasteiger partial charge in [0.2, 0.25) is 0 Å². The van der Waals surface area contributed by atoms with Crippen LogP contribution in [0.3, 0.4) is 0 Å². The number of hydrogen-bond acceptors (Lipinski definition) is 3. The number of thioether (sulfide) groups is 1. The van der Waals surface area contributed by atoms with Crippen molar-refractivity contribution in [2.45, 2.75) is 56.8 Å². The maximum atomic E-state index is 11.2. The number of carbonyl (C=O) groups is 1. The molecule has 0 aliphatic heterocycles. The zero-order chi connectivity index (χ0) is 20.9. The van der Waals surface area contributed by atoms with E-state index in [1.165, 1.54) is 11.1 Å². The van der Waals surface area contributed by atoms with Gasteiger partial charge in [0.05, 0.1) is 12.5 Å². The van der Waals surface area contributed by atoms with Crippen molar-refractivity contribution < 1.29 is 15.0 Å². The first-order chi connectivity index (χ1) is 13.9. The minimum atomic E-state index is -0.690. The quantitative estimate of drug-likeness (QED) is 0.385. The average molecular weight is 477 g/mol. The molecule has 0 aromatic heterocycles. The molecule has 2 aromatic carbocycles. The molecule has 2 N–H and O–H groups in total. The molecule has 1 aliphatic carbocycles. The lowest BCUT2D eigenvalue weighted by Gasteiger charge is -2.22. The summed E-state index contributed by atoms with van der Waals surface area (Å²) in [6.45, 7) is 2.00. The van der Waals surface area contributed by atoms with Crippen LogP contribution in [0.4, 0.5) is 0 Å². The third-order valence-electron chi connectivity index (χ3n) is 5.77. The lowest BCUT2D eigenvalue weighted by Crippen LogP contribution is -2.12. The van der Waals surface area contributed by atoms with Crippen molar-refractivity contribution in [2.75, 3.05) is 5.75 Å². The summed E-state index contributed by atoms with van der Waals surface area (Å²) in [4.78, 5) is 11.2. The van der Waals surface area contributed by atoms with Gasteiger partial charge >= 0.3 is 5.97 Å². The third kappa shape index (κ3) is 6.34. The van der Waals surface area contributed by atoms with Gasteiger partial charge in [0, 0.05) is 15.5 Å². The molecule has 29 heavy (non-hydrogen) atoms. The van der Waals surface area contributed by atoms with E-state index in [1.54, 1.807) is 0 Å². The number of aliphatic carboxylic acids is 1. The van der Waals surface area contributed by atoms with Crippen LogP contribution in [0.5, 0.6) is 0 Å². The van der Waals surface area contributed by atoms with E-state index in [2.05, 4.69) is 40.2 Å². The molecule has 156 valence electrons. The number of carboxylic acid groups (broad SMARTS) is 1. The van der Waals surface area contributed by atoms with E-state index in [1.807, 2.05) is 43.0 Å². The Labute approximate surface area is 186 Å². The molecule has 0 amide bonds. The summed E-state index contributed by atoms with van der Waals surface area (Å²) < 4.78 is 1.06. The van der Waals surface area contributed by atoms with E-state index in [-0.39, 0.29) is 11.8 Å².